The second-order valence-corrected chi connectivity index (χ2v) is 6.32. The van der Waals surface area contributed by atoms with Gasteiger partial charge in [-0.15, -0.1) is 0 Å². The van der Waals surface area contributed by atoms with E-state index in [-0.39, 0.29) is 18.0 Å². The van der Waals surface area contributed by atoms with Crippen molar-refractivity contribution in [2.45, 2.75) is 19.6 Å². The zero-order valence-electron chi connectivity index (χ0n) is 14.8. The first-order valence-electron chi connectivity index (χ1n) is 8.31. The fourth-order valence-corrected chi connectivity index (χ4v) is 2.99. The number of hydrogen-bond donors (Lipinski definition) is 1. The predicted molar refractivity (Wildman–Crippen MR) is 97.8 cm³/mol. The highest BCUT2D eigenvalue weighted by atomic mass is 19.4. The minimum atomic E-state index is -4.85. The van der Waals surface area contributed by atoms with Crippen molar-refractivity contribution in [2.24, 2.45) is 0 Å². The van der Waals surface area contributed by atoms with E-state index in [1.165, 1.54) is 12.1 Å². The van der Waals surface area contributed by atoms with E-state index in [0.29, 0.717) is 11.1 Å². The second-order valence-electron chi connectivity index (χ2n) is 6.32. The molecular weight excluding hydrogens is 369 g/mol. The first-order valence-corrected chi connectivity index (χ1v) is 8.31. The number of phenolic OH excluding ortho intramolecular Hbond substituents is 1. The summed E-state index contributed by atoms with van der Waals surface area (Å²) in [4.78, 5) is 12.8. The number of aromatic hydroxyl groups is 1. The third kappa shape index (κ3) is 3.62. The number of aryl methyl sites for hydroxylation is 1. The first-order chi connectivity index (χ1) is 13.2. The molecule has 0 amide bonds. The Labute approximate surface area is 158 Å². The van der Waals surface area contributed by atoms with Crippen LogP contribution in [0, 0.1) is 18.3 Å². The number of aromatic nitrogens is 1. The molecule has 0 fully saturated rings. The Balaban J connectivity index is 2.35. The molecule has 1 heterocycles. The van der Waals surface area contributed by atoms with E-state index < -0.39 is 22.9 Å². The molecule has 0 atom stereocenters. The van der Waals surface area contributed by atoms with Crippen LogP contribution in [0.1, 0.15) is 22.3 Å². The highest BCUT2D eigenvalue weighted by Crippen LogP contribution is 2.34. The average Bonchev–Trinajstić information content (AvgIpc) is 2.63. The highest BCUT2D eigenvalue weighted by Gasteiger charge is 2.36. The van der Waals surface area contributed by atoms with Crippen LogP contribution < -0.4 is 5.56 Å². The SMILES string of the molecule is Cc1cccc(-c2cc(C(F)(F)F)c(C#N)c(=O)n2Cc2ccccc2O)c1. The lowest BCUT2D eigenvalue weighted by molar-refractivity contribution is -0.137. The molecule has 7 heteroatoms. The summed E-state index contributed by atoms with van der Waals surface area (Å²) in [7, 11) is 0. The number of nitriles is 1. The predicted octanol–water partition coefficient (Wildman–Crippen LogP) is 4.47. The molecule has 28 heavy (non-hydrogen) atoms. The molecule has 3 rings (SSSR count). The number of phenols is 1. The minimum absolute atomic E-state index is 0.0169. The summed E-state index contributed by atoms with van der Waals surface area (Å²) < 4.78 is 41.5. The van der Waals surface area contributed by atoms with Crippen LogP contribution in [0.2, 0.25) is 0 Å². The van der Waals surface area contributed by atoms with Crippen LogP contribution in [-0.4, -0.2) is 9.67 Å². The van der Waals surface area contributed by atoms with E-state index in [1.54, 1.807) is 49.4 Å². The summed E-state index contributed by atoms with van der Waals surface area (Å²) in [5, 5.41) is 19.2. The van der Waals surface area contributed by atoms with Crippen molar-refractivity contribution < 1.29 is 18.3 Å². The van der Waals surface area contributed by atoms with Crippen LogP contribution in [0.4, 0.5) is 13.2 Å². The number of pyridine rings is 1. The fraction of sp³-hybridized carbons (Fsp3) is 0.143. The number of alkyl halides is 3. The Morgan fingerprint density at radius 2 is 1.82 bits per heavy atom. The van der Waals surface area contributed by atoms with Crippen LogP contribution in [0.25, 0.3) is 11.3 Å². The van der Waals surface area contributed by atoms with E-state index in [9.17, 15) is 28.3 Å². The minimum Gasteiger partial charge on any atom is -0.508 e. The van der Waals surface area contributed by atoms with Gasteiger partial charge in [0.25, 0.3) is 5.56 Å². The summed E-state index contributed by atoms with van der Waals surface area (Å²) in [6, 6.07) is 15.1. The van der Waals surface area contributed by atoms with Gasteiger partial charge in [0.2, 0.25) is 0 Å². The van der Waals surface area contributed by atoms with Gasteiger partial charge in [-0.05, 0) is 30.7 Å². The van der Waals surface area contributed by atoms with Crippen molar-refractivity contribution in [1.82, 2.24) is 4.57 Å². The lowest BCUT2D eigenvalue weighted by Gasteiger charge is -2.18. The van der Waals surface area contributed by atoms with Gasteiger partial charge in [-0.3, -0.25) is 4.79 Å². The van der Waals surface area contributed by atoms with Crippen LogP contribution in [0.3, 0.4) is 0 Å². The summed E-state index contributed by atoms with van der Waals surface area (Å²) in [5.74, 6) is -0.0944. The molecule has 1 N–H and O–H groups in total. The van der Waals surface area contributed by atoms with Crippen LogP contribution in [-0.2, 0) is 12.7 Å². The van der Waals surface area contributed by atoms with Gasteiger partial charge in [0.1, 0.15) is 17.4 Å². The van der Waals surface area contributed by atoms with Gasteiger partial charge in [-0.25, -0.2) is 0 Å². The van der Waals surface area contributed by atoms with Crippen LogP contribution in [0.5, 0.6) is 5.75 Å². The molecule has 0 radical (unpaired) electrons. The molecule has 0 aliphatic rings. The zero-order chi connectivity index (χ0) is 20.5. The van der Waals surface area contributed by atoms with Gasteiger partial charge in [-0.1, -0.05) is 42.0 Å². The largest absolute Gasteiger partial charge is 0.508 e. The second kappa shape index (κ2) is 7.24. The molecule has 0 spiro atoms. The lowest BCUT2D eigenvalue weighted by atomic mass is 10.0. The fourth-order valence-electron chi connectivity index (χ4n) is 2.99. The number of para-hydroxylation sites is 1. The molecule has 2 aromatic carbocycles. The van der Waals surface area contributed by atoms with Crippen LogP contribution >= 0.6 is 0 Å². The Morgan fingerprint density at radius 3 is 2.43 bits per heavy atom. The molecular formula is C21H15F3N2O2. The monoisotopic (exact) mass is 384 g/mol. The van der Waals surface area contributed by atoms with Gasteiger partial charge in [-0.2, -0.15) is 18.4 Å². The van der Waals surface area contributed by atoms with Crippen molar-refractivity contribution in [2.75, 3.05) is 0 Å². The Hall–Kier alpha value is -3.53. The highest BCUT2D eigenvalue weighted by molar-refractivity contribution is 5.63. The molecule has 0 saturated heterocycles. The van der Waals surface area contributed by atoms with E-state index in [1.807, 2.05) is 0 Å². The van der Waals surface area contributed by atoms with Gasteiger partial charge in [0, 0.05) is 5.56 Å². The van der Waals surface area contributed by atoms with Gasteiger partial charge in [0.15, 0.2) is 0 Å². The van der Waals surface area contributed by atoms with E-state index in [4.69, 9.17) is 0 Å². The quantitative estimate of drug-likeness (QED) is 0.725. The van der Waals surface area contributed by atoms with Crippen molar-refractivity contribution in [1.29, 1.82) is 5.26 Å². The summed E-state index contributed by atoms with van der Waals surface area (Å²) in [6.45, 7) is 1.60. The number of rotatable bonds is 3. The maximum absolute atomic E-state index is 13.5. The van der Waals surface area contributed by atoms with E-state index in [0.717, 1.165) is 16.2 Å². The maximum atomic E-state index is 13.5. The van der Waals surface area contributed by atoms with Crippen molar-refractivity contribution >= 4 is 0 Å². The molecule has 0 unspecified atom stereocenters. The molecule has 3 aromatic rings. The lowest BCUT2D eigenvalue weighted by Crippen LogP contribution is -2.28. The van der Waals surface area contributed by atoms with Crippen molar-refractivity contribution in [3.63, 3.8) is 0 Å². The topological polar surface area (TPSA) is 66.0 Å². The number of hydrogen-bond acceptors (Lipinski definition) is 3. The van der Waals surface area contributed by atoms with Gasteiger partial charge in [0.05, 0.1) is 17.8 Å². The first kappa shape index (κ1) is 19.2. The third-order valence-corrected chi connectivity index (χ3v) is 4.35. The van der Waals surface area contributed by atoms with Gasteiger partial charge >= 0.3 is 6.18 Å². The molecule has 142 valence electrons. The Morgan fingerprint density at radius 1 is 1.11 bits per heavy atom. The van der Waals surface area contributed by atoms with Crippen molar-refractivity contribution in [3.05, 3.63) is 87.2 Å². The molecule has 1 aromatic heterocycles. The number of nitrogens with zero attached hydrogens (tertiary/aromatic N) is 2. The molecule has 4 nitrogen and oxygen atoms in total. The smallest absolute Gasteiger partial charge is 0.417 e. The molecule has 0 aliphatic heterocycles. The average molecular weight is 384 g/mol. The Bertz CT molecular complexity index is 1140. The summed E-state index contributed by atoms with van der Waals surface area (Å²) in [5.41, 5.74) is -1.73. The standard InChI is InChI=1S/C21H15F3N2O2/c1-13-5-4-7-14(9-13)18-10-17(21(22,23)24)16(11-25)20(28)26(18)12-15-6-2-3-8-19(15)27/h2-10,27H,12H2,1H3. The Kier molecular flexibility index (Phi) is 4.97. The normalized spacial score (nSPS) is 11.2. The van der Waals surface area contributed by atoms with Crippen molar-refractivity contribution in [3.8, 4) is 23.1 Å². The van der Waals surface area contributed by atoms with Crippen LogP contribution in [0.15, 0.2) is 59.4 Å². The molecule has 0 aliphatic carbocycles. The molecule has 0 saturated carbocycles. The maximum Gasteiger partial charge on any atom is 0.417 e. The van der Waals surface area contributed by atoms with Gasteiger partial charge < -0.3 is 9.67 Å². The van der Waals surface area contributed by atoms with E-state index in [2.05, 4.69) is 0 Å². The third-order valence-electron chi connectivity index (χ3n) is 4.35. The summed E-state index contributed by atoms with van der Waals surface area (Å²) >= 11 is 0. The number of halogens is 3. The zero-order valence-corrected chi connectivity index (χ0v) is 14.8. The summed E-state index contributed by atoms with van der Waals surface area (Å²) in [6.07, 6.45) is -4.85. The molecule has 0 bridgehead atoms. The van der Waals surface area contributed by atoms with E-state index >= 15 is 0 Å². The number of benzene rings is 2.